The summed E-state index contributed by atoms with van der Waals surface area (Å²) in [6, 6.07) is 12.7. The molecule has 4 aliphatic heterocycles. The van der Waals surface area contributed by atoms with Gasteiger partial charge in [0.2, 0.25) is 11.8 Å². The minimum absolute atomic E-state index is 0.166. The van der Waals surface area contributed by atoms with Crippen LogP contribution in [0.25, 0.3) is 10.9 Å². The molecule has 7 atom stereocenters. The van der Waals surface area contributed by atoms with Crippen molar-refractivity contribution in [2.45, 2.75) is 80.8 Å². The first kappa shape index (κ1) is 31.3. The first-order valence-corrected chi connectivity index (χ1v) is 16.6. The minimum atomic E-state index is -4.50. The molecule has 13 heteroatoms. The van der Waals surface area contributed by atoms with Gasteiger partial charge in [-0.2, -0.15) is 13.2 Å². The third-order valence-electron chi connectivity index (χ3n) is 11.3. The van der Waals surface area contributed by atoms with Crippen molar-refractivity contribution >= 4 is 28.6 Å². The largest absolute Gasteiger partial charge is 0.431 e. The second-order valence-corrected chi connectivity index (χ2v) is 14.3. The van der Waals surface area contributed by atoms with Crippen LogP contribution in [0.4, 0.5) is 13.2 Å². The molecule has 4 saturated heterocycles. The number of nitrogens with zero attached hydrogens (tertiary/aromatic N) is 3. The number of ether oxygens (including phenoxy) is 1. The van der Waals surface area contributed by atoms with Crippen LogP contribution in [0.5, 0.6) is 0 Å². The van der Waals surface area contributed by atoms with Gasteiger partial charge < -0.3 is 29.9 Å². The number of amides is 3. The van der Waals surface area contributed by atoms with E-state index in [2.05, 4.69) is 10.3 Å². The Hall–Kier alpha value is -3.94. The summed E-state index contributed by atoms with van der Waals surface area (Å²) in [6.45, 7) is 2.11. The number of aliphatic hydroxyl groups is 1. The standard InChI is InChI=1S/C35H38F3N5O5/c1-33(32(46)43-26(14-19-8-4-3-5-9-19)31(45)42-13-7-12-27(42)35(43,47)48-33)18-39-30(44)20-15-22-21-10-6-11-24-28(21)23(16-25(22)41(2)17-20)29(40-24)34(36,37)38/h3-6,8-11,20,22,25-27,40,47H,7,12-18H2,1-2H3,(H,39,44). The normalized spacial score (nSPS) is 33.2. The number of hydrogen-bond donors (Lipinski definition) is 3. The lowest BCUT2D eigenvalue weighted by molar-refractivity contribution is -0.312. The number of aromatic amines is 1. The molecule has 10 nitrogen and oxygen atoms in total. The second-order valence-electron chi connectivity index (χ2n) is 14.3. The monoisotopic (exact) mass is 665 g/mol. The number of halogens is 3. The second kappa shape index (κ2) is 10.8. The Morgan fingerprint density at radius 2 is 1.92 bits per heavy atom. The van der Waals surface area contributed by atoms with E-state index in [9.17, 15) is 32.7 Å². The van der Waals surface area contributed by atoms with Crippen LogP contribution in [0, 0.1) is 5.92 Å². The SMILES string of the molecule is CN1CC(C(=O)NCC2(C)OC3(O)C4CCCN4C(=O)C(Cc4ccccc4)N3C2=O)CC2c3cccc4[nH]c(C(F)(F)F)c(c34)CC21. The van der Waals surface area contributed by atoms with Gasteiger partial charge >= 0.3 is 6.18 Å². The van der Waals surface area contributed by atoms with Crippen LogP contribution in [0.3, 0.4) is 0 Å². The molecule has 0 spiro atoms. The fourth-order valence-corrected chi connectivity index (χ4v) is 9.13. The molecule has 8 rings (SSSR count). The minimum Gasteiger partial charge on any atom is -0.352 e. The number of likely N-dealkylation sites (N-methyl/N-ethyl adjacent to an activating group) is 1. The topological polar surface area (TPSA) is 118 Å². The van der Waals surface area contributed by atoms with E-state index in [-0.39, 0.29) is 48.7 Å². The highest BCUT2D eigenvalue weighted by Gasteiger charge is 2.69. The summed E-state index contributed by atoms with van der Waals surface area (Å²) in [4.78, 5) is 49.0. The average Bonchev–Trinajstić information content (AvgIpc) is 3.75. The molecule has 5 heterocycles. The van der Waals surface area contributed by atoms with E-state index < -0.39 is 47.3 Å². The Labute approximate surface area is 275 Å². The lowest BCUT2D eigenvalue weighted by atomic mass is 9.72. The summed E-state index contributed by atoms with van der Waals surface area (Å²) in [5, 5.41) is 15.5. The van der Waals surface area contributed by atoms with Crippen LogP contribution < -0.4 is 5.32 Å². The van der Waals surface area contributed by atoms with Crippen molar-refractivity contribution in [3.8, 4) is 0 Å². The molecule has 1 aromatic heterocycles. The van der Waals surface area contributed by atoms with Crippen molar-refractivity contribution in [1.29, 1.82) is 0 Å². The quantitative estimate of drug-likeness (QED) is 0.386. The molecular weight excluding hydrogens is 627 g/mol. The number of benzene rings is 2. The number of fused-ring (bicyclic) bond motifs is 5. The maximum atomic E-state index is 14.2. The van der Waals surface area contributed by atoms with E-state index in [1.54, 1.807) is 17.0 Å². The number of alkyl halides is 3. The average molecular weight is 666 g/mol. The molecular formula is C35H38F3N5O5. The number of piperidine rings is 1. The molecule has 3 N–H and O–H groups in total. The third-order valence-corrected chi connectivity index (χ3v) is 11.3. The molecule has 0 bridgehead atoms. The predicted molar refractivity (Wildman–Crippen MR) is 167 cm³/mol. The fourth-order valence-electron chi connectivity index (χ4n) is 9.13. The van der Waals surface area contributed by atoms with Gasteiger partial charge in [0.15, 0.2) is 5.60 Å². The van der Waals surface area contributed by atoms with E-state index in [0.29, 0.717) is 43.3 Å². The van der Waals surface area contributed by atoms with Crippen LogP contribution in [0.2, 0.25) is 0 Å². The van der Waals surface area contributed by atoms with Gasteiger partial charge in [0.25, 0.3) is 11.8 Å². The van der Waals surface area contributed by atoms with Crippen molar-refractivity contribution in [2.24, 2.45) is 5.92 Å². The third kappa shape index (κ3) is 4.61. The molecule has 1 aliphatic carbocycles. The van der Waals surface area contributed by atoms with Crippen LogP contribution >= 0.6 is 0 Å². The van der Waals surface area contributed by atoms with Crippen molar-refractivity contribution < 1.29 is 37.4 Å². The van der Waals surface area contributed by atoms with E-state index >= 15 is 0 Å². The molecule has 5 aliphatic rings. The number of likely N-dealkylation sites (tertiary alicyclic amines) is 1. The Bertz CT molecular complexity index is 1810. The highest BCUT2D eigenvalue weighted by Crippen LogP contribution is 2.49. The van der Waals surface area contributed by atoms with Gasteiger partial charge in [0.05, 0.1) is 12.5 Å². The van der Waals surface area contributed by atoms with Crippen molar-refractivity contribution in [2.75, 3.05) is 26.7 Å². The summed E-state index contributed by atoms with van der Waals surface area (Å²) in [5.41, 5.74) is -0.000872. The van der Waals surface area contributed by atoms with Gasteiger partial charge in [-0.15, -0.1) is 0 Å². The first-order chi connectivity index (χ1) is 22.8. The van der Waals surface area contributed by atoms with Gasteiger partial charge in [-0.25, -0.2) is 0 Å². The number of aromatic nitrogens is 1. The molecule has 254 valence electrons. The number of piperazine rings is 1. The molecule has 3 aromatic rings. The first-order valence-electron chi connectivity index (χ1n) is 16.6. The smallest absolute Gasteiger partial charge is 0.352 e. The summed E-state index contributed by atoms with van der Waals surface area (Å²) in [5.74, 6) is -3.81. The van der Waals surface area contributed by atoms with Gasteiger partial charge in [0, 0.05) is 42.4 Å². The lowest BCUT2D eigenvalue weighted by Crippen LogP contribution is -2.71. The lowest BCUT2D eigenvalue weighted by Gasteiger charge is -2.49. The van der Waals surface area contributed by atoms with Gasteiger partial charge in [0.1, 0.15) is 17.8 Å². The molecule has 4 fully saturated rings. The number of nitrogens with one attached hydrogen (secondary N) is 2. The van der Waals surface area contributed by atoms with E-state index in [0.717, 1.165) is 11.1 Å². The maximum absolute atomic E-state index is 14.2. The summed E-state index contributed by atoms with van der Waals surface area (Å²) in [6.07, 6.45) is -2.50. The van der Waals surface area contributed by atoms with Crippen LogP contribution in [-0.4, -0.2) is 98.8 Å². The summed E-state index contributed by atoms with van der Waals surface area (Å²) in [7, 11) is 1.83. The molecule has 3 amide bonds. The Balaban J connectivity index is 1.03. The number of rotatable bonds is 5. The number of carbonyl (C=O) groups is 3. The number of H-pyrrole nitrogens is 1. The highest BCUT2D eigenvalue weighted by atomic mass is 19.4. The van der Waals surface area contributed by atoms with Crippen LogP contribution in [0.1, 0.15) is 54.5 Å². The molecule has 48 heavy (non-hydrogen) atoms. The van der Waals surface area contributed by atoms with Crippen molar-refractivity contribution in [1.82, 2.24) is 25.0 Å². The van der Waals surface area contributed by atoms with Crippen LogP contribution in [0.15, 0.2) is 48.5 Å². The maximum Gasteiger partial charge on any atom is 0.431 e. The van der Waals surface area contributed by atoms with E-state index in [1.807, 2.05) is 48.3 Å². The summed E-state index contributed by atoms with van der Waals surface area (Å²) < 4.78 is 48.1. The molecule has 2 aromatic carbocycles. The Morgan fingerprint density at radius 1 is 1.15 bits per heavy atom. The van der Waals surface area contributed by atoms with E-state index in [4.69, 9.17) is 4.74 Å². The zero-order valence-electron chi connectivity index (χ0n) is 26.7. The Kier molecular flexibility index (Phi) is 7.04. The predicted octanol–water partition coefficient (Wildman–Crippen LogP) is 3.14. The molecule has 0 saturated carbocycles. The highest BCUT2D eigenvalue weighted by molar-refractivity contribution is 5.96. The zero-order chi connectivity index (χ0) is 33.7. The number of hydrogen-bond acceptors (Lipinski definition) is 6. The van der Waals surface area contributed by atoms with Crippen molar-refractivity contribution in [3.63, 3.8) is 0 Å². The Morgan fingerprint density at radius 3 is 2.67 bits per heavy atom. The number of carbonyl (C=O) groups excluding carboxylic acids is 3. The molecule has 7 unspecified atom stereocenters. The van der Waals surface area contributed by atoms with Crippen molar-refractivity contribution in [3.05, 3.63) is 70.9 Å². The van der Waals surface area contributed by atoms with Gasteiger partial charge in [-0.1, -0.05) is 42.5 Å². The van der Waals surface area contributed by atoms with Gasteiger partial charge in [-0.05, 0) is 62.4 Å². The van der Waals surface area contributed by atoms with Crippen LogP contribution in [-0.2, 0) is 38.1 Å². The van der Waals surface area contributed by atoms with E-state index in [1.165, 1.54) is 11.8 Å². The fraction of sp³-hybridized carbons (Fsp3) is 0.514. The molecule has 0 radical (unpaired) electrons. The zero-order valence-corrected chi connectivity index (χ0v) is 26.7. The van der Waals surface area contributed by atoms with Gasteiger partial charge in [-0.3, -0.25) is 19.3 Å². The summed E-state index contributed by atoms with van der Waals surface area (Å²) >= 11 is 0.